The van der Waals surface area contributed by atoms with Crippen LogP contribution in [0.3, 0.4) is 0 Å². The average Bonchev–Trinajstić information content (AvgIpc) is 3.25. The normalized spacial score (nSPS) is 22.1. The maximum atomic E-state index is 12.0. The molecule has 1 amide bonds. The van der Waals surface area contributed by atoms with Gasteiger partial charge in [0.25, 0.3) is 0 Å². The number of hydrogen-bond donors (Lipinski definition) is 2. The minimum atomic E-state index is -0.265. The molecule has 0 spiro atoms. The highest BCUT2D eigenvalue weighted by molar-refractivity contribution is 5.82. The topological polar surface area (TPSA) is 58.4 Å². The molecule has 102 valence electrons. The predicted molar refractivity (Wildman–Crippen MR) is 74.8 cm³/mol. The Balaban J connectivity index is 1.93. The molecule has 1 aliphatic heterocycles. The highest BCUT2D eigenvalue weighted by atomic mass is 16.1. The van der Waals surface area contributed by atoms with E-state index >= 15 is 0 Å². The summed E-state index contributed by atoms with van der Waals surface area (Å²) in [4.78, 5) is 14.2. The Kier molecular flexibility index (Phi) is 3.53. The summed E-state index contributed by atoms with van der Waals surface area (Å²) in [6.45, 7) is 3.62. The van der Waals surface area contributed by atoms with Gasteiger partial charge in [-0.2, -0.15) is 0 Å². The zero-order valence-electron chi connectivity index (χ0n) is 11.1. The Labute approximate surface area is 114 Å². The molecule has 4 heteroatoms. The van der Waals surface area contributed by atoms with Gasteiger partial charge in [0.05, 0.1) is 0 Å². The molecule has 1 unspecified atom stereocenters. The SMILES string of the molecule is NC(=O)C(c1ccccc1C1CC1)N1CCNCC1. The fourth-order valence-electron chi connectivity index (χ4n) is 3.00. The molecule has 3 N–H and O–H groups in total. The van der Waals surface area contributed by atoms with Gasteiger partial charge in [-0.25, -0.2) is 0 Å². The van der Waals surface area contributed by atoms with Crippen molar-refractivity contribution < 1.29 is 4.79 Å². The molecule has 3 rings (SSSR count). The molecule has 1 saturated heterocycles. The van der Waals surface area contributed by atoms with E-state index < -0.39 is 0 Å². The van der Waals surface area contributed by atoms with Crippen LogP contribution in [0.5, 0.6) is 0 Å². The number of primary amides is 1. The van der Waals surface area contributed by atoms with Gasteiger partial charge in [-0.15, -0.1) is 0 Å². The van der Waals surface area contributed by atoms with E-state index in [4.69, 9.17) is 5.73 Å². The molecule has 0 bridgehead atoms. The number of amides is 1. The number of carbonyl (C=O) groups is 1. The summed E-state index contributed by atoms with van der Waals surface area (Å²) in [6, 6.07) is 8.04. The van der Waals surface area contributed by atoms with Crippen LogP contribution in [0.15, 0.2) is 24.3 Å². The summed E-state index contributed by atoms with van der Waals surface area (Å²) in [5, 5.41) is 3.32. The Morgan fingerprint density at radius 3 is 2.58 bits per heavy atom. The molecule has 0 radical (unpaired) electrons. The molecule has 2 fully saturated rings. The van der Waals surface area contributed by atoms with Gasteiger partial charge in [-0.05, 0) is 29.9 Å². The highest BCUT2D eigenvalue weighted by Crippen LogP contribution is 2.43. The van der Waals surface area contributed by atoms with E-state index in [0.29, 0.717) is 5.92 Å². The number of nitrogens with one attached hydrogen (secondary N) is 1. The van der Waals surface area contributed by atoms with Crippen molar-refractivity contribution in [3.63, 3.8) is 0 Å². The summed E-state index contributed by atoms with van der Waals surface area (Å²) < 4.78 is 0. The van der Waals surface area contributed by atoms with Crippen molar-refractivity contribution in [2.75, 3.05) is 26.2 Å². The van der Waals surface area contributed by atoms with Crippen LogP contribution in [0.2, 0.25) is 0 Å². The lowest BCUT2D eigenvalue weighted by Gasteiger charge is -2.34. The van der Waals surface area contributed by atoms with Gasteiger partial charge in [0.15, 0.2) is 0 Å². The number of nitrogens with two attached hydrogens (primary N) is 1. The van der Waals surface area contributed by atoms with E-state index in [1.54, 1.807) is 0 Å². The number of nitrogens with zero attached hydrogens (tertiary/aromatic N) is 1. The van der Waals surface area contributed by atoms with Gasteiger partial charge in [-0.1, -0.05) is 24.3 Å². The van der Waals surface area contributed by atoms with Gasteiger partial charge < -0.3 is 11.1 Å². The van der Waals surface area contributed by atoms with Crippen molar-refractivity contribution in [1.29, 1.82) is 0 Å². The van der Waals surface area contributed by atoms with Crippen molar-refractivity contribution in [2.45, 2.75) is 24.8 Å². The first-order valence-corrected chi connectivity index (χ1v) is 7.10. The minimum Gasteiger partial charge on any atom is -0.368 e. The molecular formula is C15H21N3O. The van der Waals surface area contributed by atoms with Crippen LogP contribution in [-0.4, -0.2) is 37.0 Å². The molecule has 0 aromatic heterocycles. The van der Waals surface area contributed by atoms with Gasteiger partial charge in [0.1, 0.15) is 6.04 Å². The lowest BCUT2D eigenvalue weighted by molar-refractivity contribution is -0.123. The molecule has 19 heavy (non-hydrogen) atoms. The van der Waals surface area contributed by atoms with Crippen molar-refractivity contribution in [2.24, 2.45) is 5.73 Å². The molecule has 1 atom stereocenters. The third-order valence-corrected chi connectivity index (χ3v) is 4.09. The molecule has 1 heterocycles. The van der Waals surface area contributed by atoms with Crippen LogP contribution in [0.4, 0.5) is 0 Å². The van der Waals surface area contributed by atoms with Gasteiger partial charge >= 0.3 is 0 Å². The van der Waals surface area contributed by atoms with Crippen LogP contribution in [0.25, 0.3) is 0 Å². The van der Waals surface area contributed by atoms with E-state index in [0.717, 1.165) is 31.7 Å². The van der Waals surface area contributed by atoms with Crippen LogP contribution in [-0.2, 0) is 4.79 Å². The molecule has 4 nitrogen and oxygen atoms in total. The zero-order valence-corrected chi connectivity index (χ0v) is 11.1. The first kappa shape index (κ1) is 12.6. The number of rotatable bonds is 4. The van der Waals surface area contributed by atoms with Crippen LogP contribution >= 0.6 is 0 Å². The fourth-order valence-corrected chi connectivity index (χ4v) is 3.00. The number of hydrogen-bond acceptors (Lipinski definition) is 3. The maximum absolute atomic E-state index is 12.0. The van der Waals surface area contributed by atoms with Crippen molar-refractivity contribution >= 4 is 5.91 Å². The second-order valence-electron chi connectivity index (χ2n) is 5.49. The molecule has 1 aliphatic carbocycles. The summed E-state index contributed by atoms with van der Waals surface area (Å²) in [5.74, 6) is 0.413. The predicted octanol–water partition coefficient (Wildman–Crippen LogP) is 0.996. The minimum absolute atomic E-state index is 0.227. The van der Waals surface area contributed by atoms with Gasteiger partial charge in [0.2, 0.25) is 5.91 Å². The average molecular weight is 259 g/mol. The lowest BCUT2D eigenvalue weighted by Crippen LogP contribution is -2.48. The second kappa shape index (κ2) is 5.31. The lowest BCUT2D eigenvalue weighted by atomic mass is 9.95. The largest absolute Gasteiger partial charge is 0.368 e. The monoisotopic (exact) mass is 259 g/mol. The van der Waals surface area contributed by atoms with Crippen molar-refractivity contribution in [1.82, 2.24) is 10.2 Å². The Morgan fingerprint density at radius 2 is 1.95 bits per heavy atom. The molecule has 1 aromatic rings. The molecular weight excluding hydrogens is 238 g/mol. The summed E-state index contributed by atoms with van der Waals surface area (Å²) in [6.07, 6.45) is 2.48. The van der Waals surface area contributed by atoms with Gasteiger partial charge in [-0.3, -0.25) is 9.69 Å². The van der Waals surface area contributed by atoms with E-state index in [9.17, 15) is 4.79 Å². The fraction of sp³-hybridized carbons (Fsp3) is 0.533. The van der Waals surface area contributed by atoms with E-state index in [2.05, 4.69) is 28.4 Å². The third-order valence-electron chi connectivity index (χ3n) is 4.09. The van der Waals surface area contributed by atoms with E-state index in [1.807, 2.05) is 6.07 Å². The van der Waals surface area contributed by atoms with Crippen LogP contribution in [0, 0.1) is 0 Å². The summed E-state index contributed by atoms with van der Waals surface area (Å²) >= 11 is 0. The summed E-state index contributed by atoms with van der Waals surface area (Å²) in [5.41, 5.74) is 8.14. The number of piperazine rings is 1. The van der Waals surface area contributed by atoms with Crippen LogP contribution < -0.4 is 11.1 Å². The summed E-state index contributed by atoms with van der Waals surface area (Å²) in [7, 11) is 0. The standard InChI is InChI=1S/C15H21N3O/c16-15(19)14(18-9-7-17-8-10-18)13-4-2-1-3-12(13)11-5-6-11/h1-4,11,14,17H,5-10H2,(H2,16,19). The Morgan fingerprint density at radius 1 is 1.26 bits per heavy atom. The quantitative estimate of drug-likeness (QED) is 0.848. The first-order chi connectivity index (χ1) is 9.27. The Hall–Kier alpha value is -1.39. The van der Waals surface area contributed by atoms with Crippen molar-refractivity contribution in [3.8, 4) is 0 Å². The number of carbonyl (C=O) groups excluding carboxylic acids is 1. The number of benzene rings is 1. The van der Waals surface area contributed by atoms with Crippen LogP contribution in [0.1, 0.15) is 35.9 Å². The molecule has 2 aliphatic rings. The van der Waals surface area contributed by atoms with E-state index in [-0.39, 0.29) is 11.9 Å². The third kappa shape index (κ3) is 2.65. The highest BCUT2D eigenvalue weighted by Gasteiger charge is 2.33. The maximum Gasteiger partial charge on any atom is 0.239 e. The smallest absolute Gasteiger partial charge is 0.239 e. The first-order valence-electron chi connectivity index (χ1n) is 7.10. The van der Waals surface area contributed by atoms with Gasteiger partial charge in [0, 0.05) is 26.2 Å². The second-order valence-corrected chi connectivity index (χ2v) is 5.49. The van der Waals surface area contributed by atoms with Crippen molar-refractivity contribution in [3.05, 3.63) is 35.4 Å². The molecule has 1 saturated carbocycles. The molecule has 1 aromatic carbocycles. The zero-order chi connectivity index (χ0) is 13.2. The Bertz CT molecular complexity index is 464. The van der Waals surface area contributed by atoms with E-state index in [1.165, 1.54) is 18.4 Å².